The zero-order chi connectivity index (χ0) is 26.0. The van der Waals surface area contributed by atoms with Crippen LogP contribution in [0.25, 0.3) is 10.2 Å². The van der Waals surface area contributed by atoms with Crippen LogP contribution in [0.5, 0.6) is 5.75 Å². The predicted octanol–water partition coefficient (Wildman–Crippen LogP) is 6.31. The van der Waals surface area contributed by atoms with Crippen LogP contribution in [-0.2, 0) is 16.6 Å². The summed E-state index contributed by atoms with van der Waals surface area (Å²) >= 11 is 4.87. The number of methoxy groups -OCH3 is 1. The maximum atomic E-state index is 13.6. The zero-order valence-electron chi connectivity index (χ0n) is 19.4. The fourth-order valence-electron chi connectivity index (χ4n) is 3.59. The topological polar surface area (TPSA) is 102 Å². The van der Waals surface area contributed by atoms with Crippen LogP contribution in [0.2, 0.25) is 0 Å². The first-order valence-electron chi connectivity index (χ1n) is 11.0. The van der Waals surface area contributed by atoms with Crippen molar-refractivity contribution in [1.29, 1.82) is 0 Å². The van der Waals surface area contributed by atoms with Crippen molar-refractivity contribution in [3.05, 3.63) is 101 Å². The third kappa shape index (κ3) is 5.53. The van der Waals surface area contributed by atoms with E-state index in [2.05, 4.69) is 25.6 Å². The zero-order valence-corrected chi connectivity index (χ0v) is 22.6. The lowest BCUT2D eigenvalue weighted by molar-refractivity contribution is 0.0983. The second-order valence-electron chi connectivity index (χ2n) is 7.94. The summed E-state index contributed by atoms with van der Waals surface area (Å²) in [5.74, 6) is 0.874. The molecule has 2 aromatic heterocycles. The molecule has 0 saturated carbocycles. The number of hydrogen-bond acceptors (Lipinski definition) is 7. The van der Waals surface area contributed by atoms with Crippen LogP contribution < -0.4 is 14.4 Å². The second kappa shape index (κ2) is 10.4. The Morgan fingerprint density at radius 2 is 1.84 bits per heavy atom. The van der Waals surface area contributed by atoms with Crippen LogP contribution in [0, 0.1) is 0 Å². The van der Waals surface area contributed by atoms with Gasteiger partial charge in [0.15, 0.2) is 5.13 Å². The van der Waals surface area contributed by atoms with Gasteiger partial charge in [-0.1, -0.05) is 27.3 Å². The van der Waals surface area contributed by atoms with Crippen LogP contribution in [0.4, 0.5) is 10.8 Å². The van der Waals surface area contributed by atoms with Crippen molar-refractivity contribution in [3.8, 4) is 5.75 Å². The van der Waals surface area contributed by atoms with E-state index in [9.17, 15) is 13.2 Å². The van der Waals surface area contributed by atoms with E-state index in [4.69, 9.17) is 9.15 Å². The van der Waals surface area contributed by atoms with Gasteiger partial charge in [0.2, 0.25) is 0 Å². The number of thiazole rings is 1. The average molecular weight is 599 g/mol. The molecule has 3 aromatic carbocycles. The number of rotatable bonds is 8. The minimum atomic E-state index is -3.81. The fourth-order valence-corrected chi connectivity index (χ4v) is 6.17. The number of furan rings is 1. The highest BCUT2D eigenvalue weighted by Gasteiger charge is 2.23. The molecule has 0 atom stereocenters. The van der Waals surface area contributed by atoms with E-state index in [1.165, 1.54) is 30.6 Å². The minimum absolute atomic E-state index is 0.0977. The highest BCUT2D eigenvalue weighted by molar-refractivity contribution is 9.10. The quantitative estimate of drug-likeness (QED) is 0.225. The van der Waals surface area contributed by atoms with Crippen LogP contribution in [0.3, 0.4) is 0 Å². The average Bonchev–Trinajstić information content (AvgIpc) is 3.56. The van der Waals surface area contributed by atoms with Crippen molar-refractivity contribution in [1.82, 2.24) is 4.98 Å². The highest BCUT2D eigenvalue weighted by Crippen LogP contribution is 2.33. The van der Waals surface area contributed by atoms with Crippen molar-refractivity contribution in [2.75, 3.05) is 16.7 Å². The maximum Gasteiger partial charge on any atom is 0.261 e. The Labute approximate surface area is 225 Å². The number of carbonyl (C=O) groups excluding carboxylic acids is 1. The van der Waals surface area contributed by atoms with Gasteiger partial charge in [0, 0.05) is 15.7 Å². The molecule has 2 heterocycles. The number of fused-ring (bicyclic) bond motifs is 1. The van der Waals surface area contributed by atoms with Crippen molar-refractivity contribution in [2.45, 2.75) is 11.4 Å². The molecular formula is C26H20BrN3O5S2. The minimum Gasteiger partial charge on any atom is -0.497 e. The first-order chi connectivity index (χ1) is 17.8. The molecular weight excluding hydrogens is 578 g/mol. The molecule has 0 radical (unpaired) electrons. The number of halogens is 1. The number of carbonyl (C=O) groups is 1. The summed E-state index contributed by atoms with van der Waals surface area (Å²) in [6.07, 6.45) is 1.55. The lowest BCUT2D eigenvalue weighted by Gasteiger charge is -2.19. The SMILES string of the molecule is COc1ccc(S(=O)(=O)Nc2ccc(C(=O)N(Cc3ccco3)c3nc4ccc(Br)cc4s3)cc2)cc1. The van der Waals surface area contributed by atoms with Crippen LogP contribution in [-0.4, -0.2) is 26.4 Å². The van der Waals surface area contributed by atoms with Gasteiger partial charge in [0.05, 0.1) is 35.0 Å². The monoisotopic (exact) mass is 597 g/mol. The molecule has 8 nitrogen and oxygen atoms in total. The van der Waals surface area contributed by atoms with E-state index < -0.39 is 10.0 Å². The highest BCUT2D eigenvalue weighted by atomic mass is 79.9. The molecule has 188 valence electrons. The van der Waals surface area contributed by atoms with Gasteiger partial charge in [0.25, 0.3) is 15.9 Å². The summed E-state index contributed by atoms with van der Waals surface area (Å²) < 4.78 is 40.5. The van der Waals surface area contributed by atoms with E-state index in [1.807, 2.05) is 18.2 Å². The standard InChI is InChI=1S/C26H20BrN3O5S2/c1-34-20-9-11-22(12-10-20)37(32,33)29-19-7-4-17(5-8-19)25(31)30(16-21-3-2-14-35-21)26-28-23-13-6-18(27)15-24(23)36-26/h2-15,29H,16H2,1H3. The first-order valence-corrected chi connectivity index (χ1v) is 14.1. The number of amides is 1. The Morgan fingerprint density at radius 1 is 1.08 bits per heavy atom. The second-order valence-corrected chi connectivity index (χ2v) is 11.5. The molecule has 0 aliphatic heterocycles. The van der Waals surface area contributed by atoms with Gasteiger partial charge >= 0.3 is 0 Å². The number of nitrogens with one attached hydrogen (secondary N) is 1. The molecule has 1 amide bonds. The molecule has 0 fully saturated rings. The van der Waals surface area contributed by atoms with Crippen molar-refractivity contribution >= 4 is 64.2 Å². The third-order valence-electron chi connectivity index (χ3n) is 5.46. The summed E-state index contributed by atoms with van der Waals surface area (Å²) in [5.41, 5.74) is 1.48. The first kappa shape index (κ1) is 25.0. The number of benzene rings is 3. The lowest BCUT2D eigenvalue weighted by atomic mass is 10.2. The summed E-state index contributed by atoms with van der Waals surface area (Å²) in [5, 5.41) is 0.527. The number of hydrogen-bond donors (Lipinski definition) is 1. The number of ether oxygens (including phenoxy) is 1. The van der Waals surface area contributed by atoms with E-state index in [0.29, 0.717) is 27.9 Å². The van der Waals surface area contributed by atoms with Gasteiger partial charge in [-0.25, -0.2) is 13.4 Å². The van der Waals surface area contributed by atoms with E-state index >= 15 is 0 Å². The normalized spacial score (nSPS) is 11.4. The Bertz CT molecular complexity index is 1650. The Balaban J connectivity index is 1.40. The van der Waals surface area contributed by atoms with Crippen LogP contribution in [0.15, 0.2) is 98.9 Å². The van der Waals surface area contributed by atoms with Gasteiger partial charge in [-0.15, -0.1) is 0 Å². The lowest BCUT2D eigenvalue weighted by Crippen LogP contribution is -2.30. The molecule has 5 aromatic rings. The molecule has 0 aliphatic rings. The molecule has 11 heteroatoms. The number of anilines is 2. The molecule has 1 N–H and O–H groups in total. The molecule has 0 saturated heterocycles. The fraction of sp³-hybridized carbons (Fsp3) is 0.0769. The van der Waals surface area contributed by atoms with Crippen molar-refractivity contribution < 1.29 is 22.4 Å². The Hall–Kier alpha value is -3.67. The summed E-state index contributed by atoms with van der Waals surface area (Å²) in [7, 11) is -2.30. The van der Waals surface area contributed by atoms with Gasteiger partial charge in [-0.3, -0.25) is 14.4 Å². The smallest absolute Gasteiger partial charge is 0.261 e. The predicted molar refractivity (Wildman–Crippen MR) is 147 cm³/mol. The van der Waals surface area contributed by atoms with Crippen molar-refractivity contribution in [3.63, 3.8) is 0 Å². The summed E-state index contributed by atoms with van der Waals surface area (Å²) in [4.78, 5) is 19.9. The number of aromatic nitrogens is 1. The van der Waals surface area contributed by atoms with Gasteiger partial charge in [-0.2, -0.15) is 0 Å². The number of sulfonamides is 1. The summed E-state index contributed by atoms with van der Waals surface area (Å²) in [6, 6.07) is 21.6. The summed E-state index contributed by atoms with van der Waals surface area (Å²) in [6.45, 7) is 0.193. The van der Waals surface area contributed by atoms with Gasteiger partial charge < -0.3 is 9.15 Å². The molecule has 0 unspecified atom stereocenters. The molecule has 0 spiro atoms. The third-order valence-corrected chi connectivity index (χ3v) is 8.39. The largest absolute Gasteiger partial charge is 0.497 e. The van der Waals surface area contributed by atoms with Crippen LogP contribution >= 0.6 is 27.3 Å². The van der Waals surface area contributed by atoms with E-state index in [0.717, 1.165) is 14.7 Å². The van der Waals surface area contributed by atoms with Gasteiger partial charge in [-0.05, 0) is 78.9 Å². The molecule has 5 rings (SSSR count). The number of nitrogens with zero attached hydrogens (tertiary/aromatic N) is 2. The Morgan fingerprint density at radius 3 is 2.51 bits per heavy atom. The van der Waals surface area contributed by atoms with Gasteiger partial charge in [0.1, 0.15) is 11.5 Å². The van der Waals surface area contributed by atoms with Crippen LogP contribution in [0.1, 0.15) is 16.1 Å². The molecule has 37 heavy (non-hydrogen) atoms. The maximum absolute atomic E-state index is 13.6. The van der Waals surface area contributed by atoms with E-state index in [-0.39, 0.29) is 17.3 Å². The van der Waals surface area contributed by atoms with E-state index in [1.54, 1.807) is 59.7 Å². The molecule has 0 aliphatic carbocycles. The Kier molecular flexibility index (Phi) is 7.00. The molecule has 0 bridgehead atoms. The van der Waals surface area contributed by atoms with Crippen molar-refractivity contribution in [2.24, 2.45) is 0 Å².